The first-order chi connectivity index (χ1) is 10.2. The molecule has 2 nitrogen and oxygen atoms in total. The molecule has 0 radical (unpaired) electrons. The van der Waals surface area contributed by atoms with Crippen molar-refractivity contribution in [2.45, 2.75) is 18.6 Å². The highest BCUT2D eigenvalue weighted by Gasteiger charge is 2.07. The fourth-order valence-corrected chi connectivity index (χ4v) is 2.86. The zero-order chi connectivity index (χ0) is 14.9. The van der Waals surface area contributed by atoms with Crippen LogP contribution in [0, 0.1) is 0 Å². The minimum atomic E-state index is 0.293. The van der Waals surface area contributed by atoms with Gasteiger partial charge in [0.25, 0.3) is 0 Å². The van der Waals surface area contributed by atoms with Crippen LogP contribution in [0.2, 0.25) is 0 Å². The minimum Gasteiger partial charge on any atom is -0.298 e. The molecule has 21 heavy (non-hydrogen) atoms. The molecule has 0 aromatic heterocycles. The number of carbonyl (C=O) groups excluding carboxylic acids is 1. The molecule has 0 amide bonds. The number of likely N-dealkylation sites (N-methyl/N-ethyl adjacent to an activating group) is 1. The van der Waals surface area contributed by atoms with Crippen molar-refractivity contribution < 1.29 is 4.79 Å². The van der Waals surface area contributed by atoms with Crippen molar-refractivity contribution in [1.82, 2.24) is 4.31 Å². The third kappa shape index (κ3) is 6.15. The average Bonchev–Trinajstić information content (AvgIpc) is 2.53. The maximum absolute atomic E-state index is 12.0. The first kappa shape index (κ1) is 15.8. The third-order valence-electron chi connectivity index (χ3n) is 3.23. The van der Waals surface area contributed by atoms with Crippen LogP contribution in [0.15, 0.2) is 60.7 Å². The number of Topliss-reactive ketones (excluding diaryl/α,β-unsaturated/α-hetero) is 1. The average molecular weight is 299 g/mol. The minimum absolute atomic E-state index is 0.293. The van der Waals surface area contributed by atoms with E-state index in [0.29, 0.717) is 18.7 Å². The molecule has 110 valence electrons. The Labute approximate surface area is 131 Å². The highest BCUT2D eigenvalue weighted by Crippen LogP contribution is 2.15. The van der Waals surface area contributed by atoms with E-state index >= 15 is 0 Å². The molecule has 0 spiro atoms. The monoisotopic (exact) mass is 299 g/mol. The van der Waals surface area contributed by atoms with Gasteiger partial charge in [0, 0.05) is 12.2 Å². The predicted octanol–water partition coefficient (Wildman–Crippen LogP) is 3.97. The van der Waals surface area contributed by atoms with Crippen molar-refractivity contribution in [2.24, 2.45) is 0 Å². The van der Waals surface area contributed by atoms with Crippen LogP contribution in [0.4, 0.5) is 0 Å². The second-order valence-corrected chi connectivity index (χ2v) is 6.24. The van der Waals surface area contributed by atoms with Crippen LogP contribution in [0.5, 0.6) is 0 Å². The summed E-state index contributed by atoms with van der Waals surface area (Å²) in [5.41, 5.74) is 2.51. The summed E-state index contributed by atoms with van der Waals surface area (Å²) in [6, 6.07) is 20.5. The Bertz CT molecular complexity index is 542. The van der Waals surface area contributed by atoms with Gasteiger partial charge in [0.1, 0.15) is 5.78 Å². The molecule has 3 heteroatoms. The second kappa shape index (κ2) is 8.65. The summed E-state index contributed by atoms with van der Waals surface area (Å²) in [5.74, 6) is 1.20. The first-order valence-electron chi connectivity index (χ1n) is 7.17. The van der Waals surface area contributed by atoms with Gasteiger partial charge in [0.2, 0.25) is 0 Å². The van der Waals surface area contributed by atoms with E-state index in [-0.39, 0.29) is 0 Å². The van der Waals surface area contributed by atoms with Gasteiger partial charge in [0.05, 0.1) is 6.54 Å². The maximum atomic E-state index is 12.0. The fourth-order valence-electron chi connectivity index (χ4n) is 2.06. The number of hydrogen-bond acceptors (Lipinski definition) is 3. The summed E-state index contributed by atoms with van der Waals surface area (Å²) in [6.07, 6.45) is 1.44. The van der Waals surface area contributed by atoms with Crippen molar-refractivity contribution in [3.05, 3.63) is 71.8 Å². The van der Waals surface area contributed by atoms with Gasteiger partial charge < -0.3 is 0 Å². The van der Waals surface area contributed by atoms with Crippen molar-refractivity contribution in [3.8, 4) is 0 Å². The molecule has 0 aliphatic heterocycles. The van der Waals surface area contributed by atoms with Gasteiger partial charge in [-0.15, -0.1) is 0 Å². The topological polar surface area (TPSA) is 20.3 Å². The number of rotatable bonds is 8. The zero-order valence-electron chi connectivity index (χ0n) is 12.4. The normalized spacial score (nSPS) is 10.8. The number of benzene rings is 2. The number of nitrogens with zero attached hydrogens (tertiary/aromatic N) is 1. The summed E-state index contributed by atoms with van der Waals surface area (Å²) in [4.78, 5) is 12.0. The molecule has 2 aromatic rings. The Balaban J connectivity index is 1.67. The molecular formula is C18H21NOS. The lowest BCUT2D eigenvalue weighted by molar-refractivity contribution is -0.118. The van der Waals surface area contributed by atoms with E-state index in [1.807, 2.05) is 47.8 Å². The Morgan fingerprint density at radius 1 is 0.952 bits per heavy atom. The van der Waals surface area contributed by atoms with Crippen molar-refractivity contribution in [3.63, 3.8) is 0 Å². The Hall–Kier alpha value is -1.58. The lowest BCUT2D eigenvalue weighted by Crippen LogP contribution is -2.20. The van der Waals surface area contributed by atoms with E-state index in [1.54, 1.807) is 11.9 Å². The van der Waals surface area contributed by atoms with Gasteiger partial charge in [-0.1, -0.05) is 72.6 Å². The van der Waals surface area contributed by atoms with E-state index in [9.17, 15) is 4.79 Å². The third-order valence-corrected chi connectivity index (χ3v) is 4.26. The zero-order valence-corrected chi connectivity index (χ0v) is 13.2. The highest BCUT2D eigenvalue weighted by atomic mass is 32.2. The molecule has 0 saturated carbocycles. The van der Waals surface area contributed by atoms with Crippen LogP contribution in [-0.4, -0.2) is 23.7 Å². The number of ketones is 1. The van der Waals surface area contributed by atoms with Crippen LogP contribution < -0.4 is 0 Å². The molecule has 0 N–H and O–H groups in total. The van der Waals surface area contributed by atoms with Crippen molar-refractivity contribution in [1.29, 1.82) is 0 Å². The van der Waals surface area contributed by atoms with Crippen LogP contribution in [-0.2, 0) is 17.0 Å². The van der Waals surface area contributed by atoms with Gasteiger partial charge in [0.15, 0.2) is 0 Å². The van der Waals surface area contributed by atoms with Gasteiger partial charge in [-0.2, -0.15) is 0 Å². The molecule has 0 aliphatic rings. The summed E-state index contributed by atoms with van der Waals surface area (Å²) >= 11 is 1.69. The first-order valence-corrected chi connectivity index (χ1v) is 8.12. The lowest BCUT2D eigenvalue weighted by atomic mass is 10.1. The standard InChI is InChI=1S/C18H21NOS/c1-19(21-15-17-10-6-3-7-11-17)14-18(20)13-12-16-8-4-2-5-9-16/h2-11H,12-15H2,1H3. The highest BCUT2D eigenvalue weighted by molar-refractivity contribution is 7.96. The van der Waals surface area contributed by atoms with Gasteiger partial charge in [-0.05, 0) is 24.6 Å². The van der Waals surface area contributed by atoms with Gasteiger partial charge in [-0.3, -0.25) is 4.79 Å². The molecule has 2 aromatic carbocycles. The molecule has 0 heterocycles. The lowest BCUT2D eigenvalue weighted by Gasteiger charge is -2.14. The smallest absolute Gasteiger partial charge is 0.148 e. The van der Waals surface area contributed by atoms with Gasteiger partial charge in [-0.25, -0.2) is 4.31 Å². The Morgan fingerprint density at radius 2 is 1.52 bits per heavy atom. The van der Waals surface area contributed by atoms with E-state index < -0.39 is 0 Å². The maximum Gasteiger partial charge on any atom is 0.148 e. The Kier molecular flexibility index (Phi) is 6.51. The van der Waals surface area contributed by atoms with Crippen LogP contribution >= 0.6 is 11.9 Å². The summed E-state index contributed by atoms with van der Waals surface area (Å²) in [7, 11) is 1.98. The fraction of sp³-hybridized carbons (Fsp3) is 0.278. The van der Waals surface area contributed by atoms with E-state index in [0.717, 1.165) is 12.2 Å². The van der Waals surface area contributed by atoms with Crippen molar-refractivity contribution in [2.75, 3.05) is 13.6 Å². The molecule has 2 rings (SSSR count). The summed E-state index contributed by atoms with van der Waals surface area (Å²) in [5, 5.41) is 0. The molecular weight excluding hydrogens is 278 g/mol. The van der Waals surface area contributed by atoms with Crippen LogP contribution in [0.1, 0.15) is 17.5 Å². The molecule has 0 atom stereocenters. The number of aryl methyl sites for hydroxylation is 1. The molecule has 0 aliphatic carbocycles. The molecule has 0 saturated heterocycles. The number of carbonyl (C=O) groups is 1. The predicted molar refractivity (Wildman–Crippen MR) is 90.1 cm³/mol. The van der Waals surface area contributed by atoms with E-state index in [4.69, 9.17) is 0 Å². The largest absolute Gasteiger partial charge is 0.298 e. The van der Waals surface area contributed by atoms with Crippen LogP contribution in [0.25, 0.3) is 0 Å². The molecule has 0 fully saturated rings. The van der Waals surface area contributed by atoms with Crippen molar-refractivity contribution >= 4 is 17.7 Å². The van der Waals surface area contributed by atoms with Crippen LogP contribution in [0.3, 0.4) is 0 Å². The SMILES string of the molecule is CN(CC(=O)CCc1ccccc1)SCc1ccccc1. The molecule has 0 bridgehead atoms. The Morgan fingerprint density at radius 3 is 2.14 bits per heavy atom. The summed E-state index contributed by atoms with van der Waals surface area (Å²) < 4.78 is 2.03. The second-order valence-electron chi connectivity index (χ2n) is 5.07. The van der Waals surface area contributed by atoms with E-state index in [2.05, 4.69) is 24.3 Å². The summed E-state index contributed by atoms with van der Waals surface area (Å²) in [6.45, 7) is 0.504. The number of hydrogen-bond donors (Lipinski definition) is 0. The van der Waals surface area contributed by atoms with Gasteiger partial charge >= 0.3 is 0 Å². The molecule has 0 unspecified atom stereocenters. The van der Waals surface area contributed by atoms with E-state index in [1.165, 1.54) is 11.1 Å². The quantitative estimate of drug-likeness (QED) is 0.688.